The highest BCUT2D eigenvalue weighted by Crippen LogP contribution is 2.64. The van der Waals surface area contributed by atoms with Gasteiger partial charge in [-0.15, -0.1) is 0 Å². The van der Waals surface area contributed by atoms with Gasteiger partial charge in [-0.05, 0) is 141 Å². The van der Waals surface area contributed by atoms with Gasteiger partial charge in [-0.25, -0.2) is 0 Å². The van der Waals surface area contributed by atoms with E-state index in [4.69, 9.17) is 0 Å². The molecule has 0 aliphatic heterocycles. The van der Waals surface area contributed by atoms with Gasteiger partial charge in [0.1, 0.15) is 0 Å². The zero-order valence-electron chi connectivity index (χ0n) is 32.2. The second-order valence-electron chi connectivity index (χ2n) is 16.2. The molecule has 2 aromatic heterocycles. The highest BCUT2D eigenvalue weighted by atomic mass is 15.0. The Balaban J connectivity index is 1.02. The average molecular weight is 750 g/mol. The van der Waals surface area contributed by atoms with Crippen molar-refractivity contribution in [1.82, 2.24) is 9.13 Å². The summed E-state index contributed by atoms with van der Waals surface area (Å²) in [6.07, 6.45) is 6.63. The first-order chi connectivity index (χ1) is 29.2. The lowest BCUT2D eigenvalue weighted by atomic mass is 9.68. The van der Waals surface area contributed by atoms with Crippen molar-refractivity contribution >= 4 is 49.2 Å². The molecule has 2 heterocycles. The number of aromatic nitrogens is 2. The quantitative estimate of drug-likeness (QED) is 0.177. The molecule has 274 valence electrons. The summed E-state index contributed by atoms with van der Waals surface area (Å²) in [6.45, 7) is 0. The highest BCUT2D eigenvalue weighted by molar-refractivity contribution is 6.13. The fourth-order valence-electron chi connectivity index (χ4n) is 11.1. The number of nitriles is 1. The lowest BCUT2D eigenvalue weighted by Crippen LogP contribution is -2.28. The summed E-state index contributed by atoms with van der Waals surface area (Å²) in [4.78, 5) is 0. The topological polar surface area (TPSA) is 33.6 Å². The second-order valence-corrected chi connectivity index (χ2v) is 16.2. The van der Waals surface area contributed by atoms with Crippen LogP contribution in [0.15, 0.2) is 194 Å². The molecule has 13 rings (SSSR count). The van der Waals surface area contributed by atoms with E-state index in [1.807, 2.05) is 6.07 Å². The van der Waals surface area contributed by atoms with E-state index in [0.29, 0.717) is 5.56 Å². The van der Waals surface area contributed by atoms with Gasteiger partial charge in [0.05, 0.1) is 39.1 Å². The molecule has 0 saturated carbocycles. The Kier molecular flexibility index (Phi) is 6.55. The van der Waals surface area contributed by atoms with Crippen molar-refractivity contribution in [3.8, 4) is 39.7 Å². The van der Waals surface area contributed by atoms with E-state index < -0.39 is 5.41 Å². The van der Waals surface area contributed by atoms with Crippen LogP contribution in [0.3, 0.4) is 0 Å². The van der Waals surface area contributed by atoms with Crippen molar-refractivity contribution in [2.24, 2.45) is 0 Å². The normalized spacial score (nSPS) is 16.3. The van der Waals surface area contributed by atoms with Crippen LogP contribution in [-0.2, 0) is 5.41 Å². The number of allylic oxidation sites excluding steroid dienone is 4. The van der Waals surface area contributed by atoms with Crippen LogP contribution in [-0.4, -0.2) is 9.13 Å². The number of rotatable bonds is 3. The van der Waals surface area contributed by atoms with Gasteiger partial charge < -0.3 is 9.13 Å². The lowest BCUT2D eigenvalue weighted by molar-refractivity contribution is 0.713. The summed E-state index contributed by atoms with van der Waals surface area (Å²) in [5.41, 5.74) is 20.1. The van der Waals surface area contributed by atoms with Gasteiger partial charge >= 0.3 is 0 Å². The molecule has 3 aliphatic rings. The fraction of sp³-hybridized carbons (Fsp3) is 0.0536. The molecule has 10 aromatic rings. The van der Waals surface area contributed by atoms with Crippen LogP contribution >= 0.6 is 0 Å². The molecule has 1 spiro atoms. The summed E-state index contributed by atoms with van der Waals surface area (Å²) in [5, 5.41) is 15.1. The van der Waals surface area contributed by atoms with Crippen LogP contribution in [0.25, 0.3) is 82.8 Å². The van der Waals surface area contributed by atoms with Crippen LogP contribution in [0, 0.1) is 11.3 Å². The zero-order valence-corrected chi connectivity index (χ0v) is 32.2. The Bertz CT molecular complexity index is 3570. The zero-order chi connectivity index (χ0) is 38.8. The average Bonchev–Trinajstić information content (AvgIpc) is 4.00. The number of fused-ring (bicyclic) bond motifs is 15. The smallest absolute Gasteiger partial charge is 0.0991 e. The first-order valence-electron chi connectivity index (χ1n) is 20.5. The fourth-order valence-corrected chi connectivity index (χ4v) is 11.1. The Labute approximate surface area is 341 Å². The number of hydrogen-bond acceptors (Lipinski definition) is 1. The third kappa shape index (κ3) is 4.25. The molecule has 0 bridgehead atoms. The van der Waals surface area contributed by atoms with Gasteiger partial charge in [-0.2, -0.15) is 5.26 Å². The Morgan fingerprint density at radius 1 is 0.458 bits per heavy atom. The summed E-state index contributed by atoms with van der Waals surface area (Å²) >= 11 is 0. The summed E-state index contributed by atoms with van der Waals surface area (Å²) in [6, 6.07) is 67.0. The number of nitrogens with zero attached hydrogens (tertiary/aromatic N) is 3. The van der Waals surface area contributed by atoms with Crippen LogP contribution in [0.1, 0.15) is 40.7 Å². The van der Waals surface area contributed by atoms with Crippen LogP contribution in [0.4, 0.5) is 0 Å². The number of hydrogen-bond donors (Lipinski definition) is 0. The maximum absolute atomic E-state index is 10.2. The molecular formula is C56H35N3. The Morgan fingerprint density at radius 3 is 1.78 bits per heavy atom. The third-order valence-corrected chi connectivity index (χ3v) is 13.4. The molecule has 1 atom stereocenters. The number of benzene rings is 8. The van der Waals surface area contributed by atoms with Gasteiger partial charge in [0.2, 0.25) is 0 Å². The minimum atomic E-state index is -0.460. The molecule has 0 radical (unpaired) electrons. The Morgan fingerprint density at radius 2 is 1.05 bits per heavy atom. The van der Waals surface area contributed by atoms with Gasteiger partial charge in [0, 0.05) is 32.9 Å². The lowest BCUT2D eigenvalue weighted by Gasteiger charge is -2.33. The molecule has 0 amide bonds. The molecule has 0 N–H and O–H groups in total. The van der Waals surface area contributed by atoms with Crippen molar-refractivity contribution in [1.29, 1.82) is 5.26 Å². The predicted molar refractivity (Wildman–Crippen MR) is 242 cm³/mol. The standard InChI is InChI=1S/C56H35N3/c57-34-35-22-26-42-40-14-4-8-18-48(40)56(50(42)30-35)49-19-9-5-15-41(49)43-27-25-39(33-51(43)56)59-53-21-11-7-17-45(53)47-32-37(24-29-55(47)59)36-23-28-54-46(31-36)44-16-6-10-20-52(44)58(54)38-12-2-1-3-13-38/h1-7,9-17,19-33H,8,18H2. The van der Waals surface area contributed by atoms with Crippen molar-refractivity contribution in [2.75, 3.05) is 0 Å². The molecule has 8 aromatic carbocycles. The monoisotopic (exact) mass is 749 g/mol. The highest BCUT2D eigenvalue weighted by Gasteiger charge is 2.52. The SMILES string of the molecule is N#Cc1ccc2c(c1)C1(C3=C2C=CCC3)c2ccccc2-c2ccc(-n3c4ccccc4c4cc(-c5ccc6c(c5)c5ccccc5n6-c5ccccc5)ccc43)cc21. The summed E-state index contributed by atoms with van der Waals surface area (Å²) < 4.78 is 4.83. The predicted octanol–water partition coefficient (Wildman–Crippen LogP) is 13.9. The maximum Gasteiger partial charge on any atom is 0.0991 e. The van der Waals surface area contributed by atoms with Crippen LogP contribution in [0.2, 0.25) is 0 Å². The van der Waals surface area contributed by atoms with Crippen molar-refractivity contribution in [2.45, 2.75) is 18.3 Å². The largest absolute Gasteiger partial charge is 0.309 e. The van der Waals surface area contributed by atoms with E-state index in [0.717, 1.165) is 18.5 Å². The molecule has 0 saturated heterocycles. The first kappa shape index (κ1) is 32.4. The Hall–Kier alpha value is -7.67. The minimum absolute atomic E-state index is 0.460. The van der Waals surface area contributed by atoms with E-state index in [2.05, 4.69) is 197 Å². The van der Waals surface area contributed by atoms with Gasteiger partial charge in [-0.3, -0.25) is 0 Å². The minimum Gasteiger partial charge on any atom is -0.309 e. The van der Waals surface area contributed by atoms with E-state index in [-0.39, 0.29) is 0 Å². The summed E-state index contributed by atoms with van der Waals surface area (Å²) in [5.74, 6) is 0. The molecule has 59 heavy (non-hydrogen) atoms. The van der Waals surface area contributed by atoms with Crippen molar-refractivity contribution in [3.63, 3.8) is 0 Å². The molecule has 1 unspecified atom stereocenters. The van der Waals surface area contributed by atoms with E-state index in [1.165, 1.54) is 105 Å². The molecule has 3 nitrogen and oxygen atoms in total. The first-order valence-corrected chi connectivity index (χ1v) is 20.5. The van der Waals surface area contributed by atoms with Gasteiger partial charge in [0.15, 0.2) is 0 Å². The summed E-state index contributed by atoms with van der Waals surface area (Å²) in [7, 11) is 0. The van der Waals surface area contributed by atoms with Crippen molar-refractivity contribution in [3.05, 3.63) is 221 Å². The van der Waals surface area contributed by atoms with Crippen LogP contribution < -0.4 is 0 Å². The molecule has 0 fully saturated rings. The van der Waals surface area contributed by atoms with E-state index in [1.54, 1.807) is 0 Å². The maximum atomic E-state index is 10.2. The van der Waals surface area contributed by atoms with Crippen molar-refractivity contribution < 1.29 is 0 Å². The van der Waals surface area contributed by atoms with E-state index in [9.17, 15) is 5.26 Å². The van der Waals surface area contributed by atoms with Gasteiger partial charge in [0.25, 0.3) is 0 Å². The van der Waals surface area contributed by atoms with Gasteiger partial charge in [-0.1, -0.05) is 115 Å². The third-order valence-electron chi connectivity index (χ3n) is 13.4. The van der Waals surface area contributed by atoms with Crippen LogP contribution in [0.5, 0.6) is 0 Å². The molecule has 3 aliphatic carbocycles. The molecular weight excluding hydrogens is 715 g/mol. The molecule has 3 heteroatoms. The second kappa shape index (κ2) is 11.9. The number of para-hydroxylation sites is 3. The van der Waals surface area contributed by atoms with E-state index >= 15 is 0 Å².